The van der Waals surface area contributed by atoms with E-state index in [0.717, 1.165) is 13.1 Å². The van der Waals surface area contributed by atoms with Crippen LogP contribution in [0.1, 0.15) is 40.5 Å². The highest BCUT2D eigenvalue weighted by Gasteiger charge is 2.31. The highest BCUT2D eigenvalue weighted by molar-refractivity contribution is 4.88. The fraction of sp³-hybridized carbons (Fsp3) is 1.00. The zero-order valence-corrected chi connectivity index (χ0v) is 10.3. The van der Waals surface area contributed by atoms with E-state index in [9.17, 15) is 0 Å². The van der Waals surface area contributed by atoms with Crippen molar-refractivity contribution in [2.24, 2.45) is 5.41 Å². The van der Waals surface area contributed by atoms with E-state index >= 15 is 0 Å². The molecule has 2 nitrogen and oxygen atoms in total. The van der Waals surface area contributed by atoms with E-state index in [1.54, 1.807) is 0 Å². The summed E-state index contributed by atoms with van der Waals surface area (Å²) < 4.78 is 0. The average molecular weight is 198 g/mol. The van der Waals surface area contributed by atoms with Crippen molar-refractivity contribution in [2.75, 3.05) is 26.2 Å². The molecule has 0 aromatic carbocycles. The maximum Gasteiger partial charge on any atom is 0.0269 e. The number of nitrogens with one attached hydrogen (secondary N) is 1. The molecule has 0 amide bonds. The molecule has 1 saturated heterocycles. The van der Waals surface area contributed by atoms with Gasteiger partial charge < -0.3 is 5.32 Å². The van der Waals surface area contributed by atoms with Crippen LogP contribution in [0.4, 0.5) is 0 Å². The predicted octanol–water partition coefficient (Wildman–Crippen LogP) is 2.11. The SMILES string of the molecule is CCCCN1CCNCC1C(C)(C)C. The summed E-state index contributed by atoms with van der Waals surface area (Å²) in [5.74, 6) is 0. The first-order chi connectivity index (χ1) is 6.55. The van der Waals surface area contributed by atoms with Crippen molar-refractivity contribution in [3.63, 3.8) is 0 Å². The topological polar surface area (TPSA) is 15.3 Å². The molecule has 0 spiro atoms. The summed E-state index contributed by atoms with van der Waals surface area (Å²) in [6, 6.07) is 0.711. The summed E-state index contributed by atoms with van der Waals surface area (Å²) in [6.45, 7) is 14.1. The summed E-state index contributed by atoms with van der Waals surface area (Å²) in [4.78, 5) is 2.67. The van der Waals surface area contributed by atoms with E-state index in [1.165, 1.54) is 25.9 Å². The fourth-order valence-electron chi connectivity index (χ4n) is 2.23. The molecule has 0 bridgehead atoms. The van der Waals surface area contributed by atoms with Crippen molar-refractivity contribution in [2.45, 2.75) is 46.6 Å². The molecule has 84 valence electrons. The third-order valence-corrected chi connectivity index (χ3v) is 3.15. The number of hydrogen-bond donors (Lipinski definition) is 1. The van der Waals surface area contributed by atoms with E-state index in [4.69, 9.17) is 0 Å². The molecule has 1 heterocycles. The van der Waals surface area contributed by atoms with Crippen molar-refractivity contribution in [1.82, 2.24) is 10.2 Å². The minimum atomic E-state index is 0.404. The van der Waals surface area contributed by atoms with E-state index in [2.05, 4.69) is 37.9 Å². The number of piperazine rings is 1. The van der Waals surface area contributed by atoms with Crippen molar-refractivity contribution in [3.05, 3.63) is 0 Å². The molecular weight excluding hydrogens is 172 g/mol. The molecule has 1 rings (SSSR count). The second kappa shape index (κ2) is 5.13. The first-order valence-corrected chi connectivity index (χ1v) is 6.00. The van der Waals surface area contributed by atoms with Crippen LogP contribution in [0.3, 0.4) is 0 Å². The van der Waals surface area contributed by atoms with Gasteiger partial charge in [-0.15, -0.1) is 0 Å². The Morgan fingerprint density at radius 3 is 2.64 bits per heavy atom. The lowest BCUT2D eigenvalue weighted by atomic mass is 9.84. The van der Waals surface area contributed by atoms with E-state index < -0.39 is 0 Å². The van der Waals surface area contributed by atoms with E-state index in [0.29, 0.717) is 11.5 Å². The van der Waals surface area contributed by atoms with Crippen molar-refractivity contribution in [3.8, 4) is 0 Å². The highest BCUT2D eigenvalue weighted by atomic mass is 15.2. The van der Waals surface area contributed by atoms with Crippen LogP contribution in [0.25, 0.3) is 0 Å². The third-order valence-electron chi connectivity index (χ3n) is 3.15. The van der Waals surface area contributed by atoms with Crippen LogP contribution in [0.5, 0.6) is 0 Å². The van der Waals surface area contributed by atoms with Gasteiger partial charge in [0.25, 0.3) is 0 Å². The van der Waals surface area contributed by atoms with Gasteiger partial charge in [0.2, 0.25) is 0 Å². The zero-order chi connectivity index (χ0) is 10.6. The van der Waals surface area contributed by atoms with Crippen LogP contribution in [-0.4, -0.2) is 37.1 Å². The monoisotopic (exact) mass is 198 g/mol. The second-order valence-corrected chi connectivity index (χ2v) is 5.48. The second-order valence-electron chi connectivity index (χ2n) is 5.48. The largest absolute Gasteiger partial charge is 0.314 e. The Balaban J connectivity index is 2.50. The van der Waals surface area contributed by atoms with Gasteiger partial charge in [0.15, 0.2) is 0 Å². The van der Waals surface area contributed by atoms with Crippen LogP contribution in [-0.2, 0) is 0 Å². The van der Waals surface area contributed by atoms with Gasteiger partial charge in [0.1, 0.15) is 0 Å². The first kappa shape index (κ1) is 12.0. The van der Waals surface area contributed by atoms with E-state index in [-0.39, 0.29) is 0 Å². The Kier molecular flexibility index (Phi) is 4.39. The normalized spacial score (nSPS) is 25.3. The Morgan fingerprint density at radius 1 is 1.36 bits per heavy atom. The van der Waals surface area contributed by atoms with Crippen molar-refractivity contribution in [1.29, 1.82) is 0 Å². The number of unbranched alkanes of at least 4 members (excludes halogenated alkanes) is 1. The summed E-state index contributed by atoms with van der Waals surface area (Å²) in [5, 5.41) is 3.51. The molecule has 0 saturated carbocycles. The van der Waals surface area contributed by atoms with E-state index in [1.807, 2.05) is 0 Å². The quantitative estimate of drug-likeness (QED) is 0.747. The van der Waals surface area contributed by atoms with Crippen molar-refractivity contribution >= 4 is 0 Å². The lowest BCUT2D eigenvalue weighted by molar-refractivity contribution is 0.0743. The number of nitrogens with zero attached hydrogens (tertiary/aromatic N) is 1. The van der Waals surface area contributed by atoms with Gasteiger partial charge in [-0.2, -0.15) is 0 Å². The molecular formula is C12H26N2. The molecule has 2 heteroatoms. The van der Waals surface area contributed by atoms with Gasteiger partial charge in [-0.05, 0) is 18.4 Å². The van der Waals surface area contributed by atoms with Crippen LogP contribution in [0.2, 0.25) is 0 Å². The molecule has 1 aliphatic rings. The first-order valence-electron chi connectivity index (χ1n) is 6.00. The number of hydrogen-bond acceptors (Lipinski definition) is 2. The molecule has 1 atom stereocenters. The lowest BCUT2D eigenvalue weighted by Crippen LogP contribution is -2.56. The summed E-state index contributed by atoms with van der Waals surface area (Å²) >= 11 is 0. The Morgan fingerprint density at radius 2 is 2.07 bits per heavy atom. The molecule has 1 fully saturated rings. The summed E-state index contributed by atoms with van der Waals surface area (Å²) in [5.41, 5.74) is 0.404. The Hall–Kier alpha value is -0.0800. The fourth-order valence-corrected chi connectivity index (χ4v) is 2.23. The predicted molar refractivity (Wildman–Crippen MR) is 62.6 cm³/mol. The van der Waals surface area contributed by atoms with Gasteiger partial charge >= 0.3 is 0 Å². The smallest absolute Gasteiger partial charge is 0.0269 e. The standard InChI is InChI=1S/C12H26N2/c1-5-6-8-14-9-7-13-10-11(14)12(2,3)4/h11,13H,5-10H2,1-4H3. The van der Waals surface area contributed by atoms with Gasteiger partial charge in [0.05, 0.1) is 0 Å². The minimum absolute atomic E-state index is 0.404. The van der Waals surface area contributed by atoms with Gasteiger partial charge in [-0.25, -0.2) is 0 Å². The van der Waals surface area contributed by atoms with Gasteiger partial charge in [-0.3, -0.25) is 4.90 Å². The molecule has 0 radical (unpaired) electrons. The highest BCUT2D eigenvalue weighted by Crippen LogP contribution is 2.25. The van der Waals surface area contributed by atoms with Crippen LogP contribution in [0.15, 0.2) is 0 Å². The van der Waals surface area contributed by atoms with Gasteiger partial charge in [0, 0.05) is 25.7 Å². The summed E-state index contributed by atoms with van der Waals surface area (Å²) in [6.07, 6.45) is 2.65. The molecule has 14 heavy (non-hydrogen) atoms. The average Bonchev–Trinajstić information content (AvgIpc) is 2.14. The van der Waals surface area contributed by atoms with Gasteiger partial charge in [-0.1, -0.05) is 34.1 Å². The van der Waals surface area contributed by atoms with Crippen LogP contribution in [0, 0.1) is 5.41 Å². The summed E-state index contributed by atoms with van der Waals surface area (Å²) in [7, 11) is 0. The zero-order valence-electron chi connectivity index (χ0n) is 10.3. The Labute approximate surface area is 89.1 Å². The molecule has 0 aromatic rings. The molecule has 0 aliphatic carbocycles. The minimum Gasteiger partial charge on any atom is -0.314 e. The molecule has 1 N–H and O–H groups in total. The maximum absolute atomic E-state index is 3.51. The maximum atomic E-state index is 3.51. The molecule has 1 aliphatic heterocycles. The Bertz CT molecular complexity index is 160. The van der Waals surface area contributed by atoms with Crippen molar-refractivity contribution < 1.29 is 0 Å². The van der Waals surface area contributed by atoms with Crippen LogP contribution < -0.4 is 5.32 Å². The third kappa shape index (κ3) is 3.25. The van der Waals surface area contributed by atoms with Crippen LogP contribution >= 0.6 is 0 Å². The number of rotatable bonds is 3. The lowest BCUT2D eigenvalue weighted by Gasteiger charge is -2.43. The molecule has 0 aromatic heterocycles. The molecule has 1 unspecified atom stereocenters.